The van der Waals surface area contributed by atoms with Crippen molar-refractivity contribution in [3.05, 3.63) is 0 Å². The highest BCUT2D eigenvalue weighted by atomic mass is 16.3. The summed E-state index contributed by atoms with van der Waals surface area (Å²) < 4.78 is 0. The van der Waals surface area contributed by atoms with Crippen LogP contribution >= 0.6 is 0 Å². The molecule has 0 spiro atoms. The number of hydrogen-bond donors (Lipinski definition) is 2. The van der Waals surface area contributed by atoms with E-state index in [2.05, 4.69) is 13.8 Å². The zero-order chi connectivity index (χ0) is 9.19. The highest BCUT2D eigenvalue weighted by molar-refractivity contribution is 4.91. The Morgan fingerprint density at radius 1 is 1.25 bits per heavy atom. The lowest BCUT2D eigenvalue weighted by molar-refractivity contribution is -0.0479. The molecule has 0 aromatic rings. The third-order valence-corrected chi connectivity index (χ3v) is 3.56. The lowest BCUT2D eigenvalue weighted by atomic mass is 9.78. The zero-order valence-corrected chi connectivity index (χ0v) is 8.21. The van der Waals surface area contributed by atoms with Gasteiger partial charge in [0.25, 0.3) is 0 Å². The number of rotatable bonds is 1. The lowest BCUT2D eigenvalue weighted by Crippen LogP contribution is -2.48. The Hall–Kier alpha value is -0.0800. The smallest absolute Gasteiger partial charge is 0.0820 e. The van der Waals surface area contributed by atoms with Crippen LogP contribution in [0.15, 0.2) is 0 Å². The van der Waals surface area contributed by atoms with Crippen molar-refractivity contribution in [2.24, 2.45) is 17.6 Å². The van der Waals surface area contributed by atoms with E-state index >= 15 is 0 Å². The monoisotopic (exact) mass is 171 g/mol. The average Bonchev–Trinajstić information content (AvgIpc) is 2.19. The molecule has 1 aliphatic carbocycles. The second-order valence-electron chi connectivity index (χ2n) is 4.28. The summed E-state index contributed by atoms with van der Waals surface area (Å²) >= 11 is 0. The second-order valence-corrected chi connectivity index (χ2v) is 4.28. The molecule has 2 heteroatoms. The quantitative estimate of drug-likeness (QED) is 0.588. The molecule has 72 valence electrons. The summed E-state index contributed by atoms with van der Waals surface area (Å²) in [5, 5.41) is 10.3. The van der Waals surface area contributed by atoms with Crippen LogP contribution in [0.1, 0.15) is 39.5 Å². The van der Waals surface area contributed by atoms with Crippen molar-refractivity contribution in [2.45, 2.75) is 45.1 Å². The SMILES string of the molecule is CC1CCCCC(C)C1(O)CN. The minimum absolute atomic E-state index is 0.361. The molecule has 0 bridgehead atoms. The Kier molecular flexibility index (Phi) is 3.13. The van der Waals surface area contributed by atoms with Gasteiger partial charge in [0.05, 0.1) is 5.60 Å². The van der Waals surface area contributed by atoms with Gasteiger partial charge in [-0.2, -0.15) is 0 Å². The van der Waals surface area contributed by atoms with Crippen LogP contribution in [-0.4, -0.2) is 17.3 Å². The molecule has 0 aromatic heterocycles. The molecule has 12 heavy (non-hydrogen) atoms. The first-order valence-electron chi connectivity index (χ1n) is 5.03. The first-order chi connectivity index (χ1) is 5.61. The van der Waals surface area contributed by atoms with Gasteiger partial charge >= 0.3 is 0 Å². The Labute approximate surface area is 75.2 Å². The minimum Gasteiger partial charge on any atom is -0.388 e. The predicted molar refractivity (Wildman–Crippen MR) is 50.8 cm³/mol. The predicted octanol–water partition coefficient (Wildman–Crippen LogP) is 1.52. The minimum atomic E-state index is -0.601. The molecular formula is C10H21NO. The molecule has 0 heterocycles. The molecule has 1 rings (SSSR count). The lowest BCUT2D eigenvalue weighted by Gasteiger charge is -2.36. The molecular weight excluding hydrogens is 150 g/mol. The Balaban J connectivity index is 2.74. The van der Waals surface area contributed by atoms with Crippen LogP contribution in [0.4, 0.5) is 0 Å². The maximum absolute atomic E-state index is 10.3. The van der Waals surface area contributed by atoms with Crippen molar-refractivity contribution in [1.29, 1.82) is 0 Å². The Bertz CT molecular complexity index is 135. The van der Waals surface area contributed by atoms with Gasteiger partial charge in [-0.05, 0) is 24.7 Å². The summed E-state index contributed by atoms with van der Waals surface area (Å²) in [6.45, 7) is 4.65. The van der Waals surface area contributed by atoms with Crippen molar-refractivity contribution >= 4 is 0 Å². The van der Waals surface area contributed by atoms with Crippen LogP contribution in [0.3, 0.4) is 0 Å². The Morgan fingerprint density at radius 2 is 1.67 bits per heavy atom. The summed E-state index contributed by atoms with van der Waals surface area (Å²) in [7, 11) is 0. The first-order valence-corrected chi connectivity index (χ1v) is 5.03. The van der Waals surface area contributed by atoms with E-state index in [1.165, 1.54) is 12.8 Å². The summed E-state index contributed by atoms with van der Waals surface area (Å²) in [6, 6.07) is 0. The summed E-state index contributed by atoms with van der Waals surface area (Å²) in [4.78, 5) is 0. The van der Waals surface area contributed by atoms with Crippen LogP contribution < -0.4 is 5.73 Å². The van der Waals surface area contributed by atoms with E-state index in [4.69, 9.17) is 5.73 Å². The van der Waals surface area contributed by atoms with E-state index in [1.807, 2.05) is 0 Å². The summed E-state index contributed by atoms with van der Waals surface area (Å²) in [5.41, 5.74) is 5.04. The van der Waals surface area contributed by atoms with Crippen LogP contribution in [0, 0.1) is 11.8 Å². The topological polar surface area (TPSA) is 46.2 Å². The number of hydrogen-bond acceptors (Lipinski definition) is 2. The molecule has 1 aliphatic rings. The molecule has 1 saturated carbocycles. The molecule has 2 nitrogen and oxygen atoms in total. The van der Waals surface area contributed by atoms with E-state index in [-0.39, 0.29) is 0 Å². The molecule has 2 unspecified atom stereocenters. The van der Waals surface area contributed by atoms with Gasteiger partial charge in [-0.25, -0.2) is 0 Å². The van der Waals surface area contributed by atoms with E-state index in [9.17, 15) is 5.11 Å². The van der Waals surface area contributed by atoms with Gasteiger partial charge in [0.2, 0.25) is 0 Å². The van der Waals surface area contributed by atoms with E-state index in [1.54, 1.807) is 0 Å². The molecule has 0 saturated heterocycles. The van der Waals surface area contributed by atoms with Crippen LogP contribution in [-0.2, 0) is 0 Å². The van der Waals surface area contributed by atoms with Crippen molar-refractivity contribution in [2.75, 3.05) is 6.54 Å². The van der Waals surface area contributed by atoms with E-state index in [0.29, 0.717) is 18.4 Å². The number of aliphatic hydroxyl groups is 1. The van der Waals surface area contributed by atoms with Crippen molar-refractivity contribution in [3.63, 3.8) is 0 Å². The maximum Gasteiger partial charge on any atom is 0.0820 e. The van der Waals surface area contributed by atoms with Crippen LogP contribution in [0.5, 0.6) is 0 Å². The van der Waals surface area contributed by atoms with Crippen molar-refractivity contribution < 1.29 is 5.11 Å². The van der Waals surface area contributed by atoms with Crippen molar-refractivity contribution in [1.82, 2.24) is 0 Å². The van der Waals surface area contributed by atoms with E-state index < -0.39 is 5.60 Å². The van der Waals surface area contributed by atoms with Gasteiger partial charge in [-0.15, -0.1) is 0 Å². The van der Waals surface area contributed by atoms with Gasteiger partial charge in [0.15, 0.2) is 0 Å². The summed E-state index contributed by atoms with van der Waals surface area (Å²) in [6.07, 6.45) is 4.73. The van der Waals surface area contributed by atoms with Crippen LogP contribution in [0.25, 0.3) is 0 Å². The molecule has 2 atom stereocenters. The largest absolute Gasteiger partial charge is 0.388 e. The molecule has 0 aliphatic heterocycles. The standard InChI is InChI=1S/C10H21NO/c1-8-5-3-4-6-9(2)10(8,12)7-11/h8-9,12H,3-7,11H2,1-2H3. The fourth-order valence-electron chi connectivity index (χ4n) is 2.29. The third-order valence-electron chi connectivity index (χ3n) is 3.56. The van der Waals surface area contributed by atoms with Crippen LogP contribution in [0.2, 0.25) is 0 Å². The van der Waals surface area contributed by atoms with Gasteiger partial charge in [0, 0.05) is 6.54 Å². The van der Waals surface area contributed by atoms with Gasteiger partial charge < -0.3 is 10.8 Å². The summed E-state index contributed by atoms with van der Waals surface area (Å²) in [5.74, 6) is 0.722. The maximum atomic E-state index is 10.3. The fraction of sp³-hybridized carbons (Fsp3) is 1.00. The second kappa shape index (κ2) is 3.75. The van der Waals surface area contributed by atoms with E-state index in [0.717, 1.165) is 12.8 Å². The van der Waals surface area contributed by atoms with Gasteiger partial charge in [-0.1, -0.05) is 26.7 Å². The fourth-order valence-corrected chi connectivity index (χ4v) is 2.29. The molecule has 1 fully saturated rings. The molecule has 0 amide bonds. The highest BCUT2D eigenvalue weighted by Crippen LogP contribution is 2.35. The normalized spacial score (nSPS) is 44.0. The third kappa shape index (κ3) is 1.64. The first kappa shape index (κ1) is 10.0. The molecule has 0 radical (unpaired) electrons. The zero-order valence-electron chi connectivity index (χ0n) is 8.21. The van der Waals surface area contributed by atoms with Crippen molar-refractivity contribution in [3.8, 4) is 0 Å². The van der Waals surface area contributed by atoms with Gasteiger partial charge in [0.1, 0.15) is 0 Å². The Morgan fingerprint density at radius 3 is 2.00 bits per heavy atom. The number of nitrogens with two attached hydrogens (primary N) is 1. The average molecular weight is 171 g/mol. The molecule has 3 N–H and O–H groups in total. The van der Waals surface area contributed by atoms with Gasteiger partial charge in [-0.3, -0.25) is 0 Å². The molecule has 0 aromatic carbocycles. The highest BCUT2D eigenvalue weighted by Gasteiger charge is 2.38.